The fraction of sp³-hybridized carbons (Fsp3) is 0.111. The van der Waals surface area contributed by atoms with Gasteiger partial charge in [-0.25, -0.2) is 4.98 Å². The van der Waals surface area contributed by atoms with E-state index in [9.17, 15) is 4.91 Å². The predicted molar refractivity (Wildman–Crippen MR) is 54.1 cm³/mol. The van der Waals surface area contributed by atoms with E-state index >= 15 is 0 Å². The quantitative estimate of drug-likeness (QED) is 0.547. The van der Waals surface area contributed by atoms with E-state index in [1.807, 2.05) is 6.92 Å². The molecule has 1 aromatic carbocycles. The Balaban J connectivity index is 2.88. The maximum atomic E-state index is 10.5. The lowest BCUT2D eigenvalue weighted by Crippen LogP contribution is -1.91. The van der Waals surface area contributed by atoms with Crippen molar-refractivity contribution in [3.63, 3.8) is 0 Å². The van der Waals surface area contributed by atoms with Gasteiger partial charge < -0.3 is 5.73 Å². The van der Waals surface area contributed by atoms with Crippen LogP contribution in [0.25, 0.3) is 11.0 Å². The summed E-state index contributed by atoms with van der Waals surface area (Å²) in [6.07, 6.45) is 1.58. The van der Waals surface area contributed by atoms with Gasteiger partial charge in [-0.3, -0.25) is 4.98 Å². The molecule has 5 heteroatoms. The van der Waals surface area contributed by atoms with Gasteiger partial charge in [0, 0.05) is 6.20 Å². The highest BCUT2D eigenvalue weighted by atomic mass is 16.3. The summed E-state index contributed by atoms with van der Waals surface area (Å²) in [5, 5.41) is 2.85. The topological polar surface area (TPSA) is 81.2 Å². The summed E-state index contributed by atoms with van der Waals surface area (Å²) >= 11 is 0. The van der Waals surface area contributed by atoms with Crippen LogP contribution in [0, 0.1) is 11.8 Å². The normalized spacial score (nSPS) is 10.4. The lowest BCUT2D eigenvalue weighted by molar-refractivity contribution is 1.18. The van der Waals surface area contributed by atoms with Gasteiger partial charge in [-0.1, -0.05) is 0 Å². The molecule has 0 unspecified atom stereocenters. The Labute approximate surface area is 80.0 Å². The number of fused-ring (bicyclic) bond motifs is 1. The van der Waals surface area contributed by atoms with E-state index in [1.165, 1.54) is 0 Å². The second-order valence-corrected chi connectivity index (χ2v) is 2.97. The number of hydrogen-bond donors (Lipinski definition) is 1. The van der Waals surface area contributed by atoms with Crippen LogP contribution in [-0.4, -0.2) is 9.97 Å². The molecule has 1 heterocycles. The number of aryl methyl sites for hydroxylation is 1. The van der Waals surface area contributed by atoms with Crippen molar-refractivity contribution in [2.24, 2.45) is 5.18 Å². The third-order valence-electron chi connectivity index (χ3n) is 1.93. The van der Waals surface area contributed by atoms with Gasteiger partial charge in [0.25, 0.3) is 0 Å². The molecule has 1 aromatic heterocycles. The Morgan fingerprint density at radius 1 is 1.43 bits per heavy atom. The van der Waals surface area contributed by atoms with Crippen LogP contribution in [0.15, 0.2) is 23.5 Å². The Bertz CT molecular complexity index is 509. The van der Waals surface area contributed by atoms with Crippen LogP contribution in [0.5, 0.6) is 0 Å². The van der Waals surface area contributed by atoms with Gasteiger partial charge in [0.2, 0.25) is 0 Å². The molecule has 0 spiro atoms. The third-order valence-corrected chi connectivity index (χ3v) is 1.93. The molecule has 0 saturated carbocycles. The number of hydrogen-bond acceptors (Lipinski definition) is 5. The zero-order valence-corrected chi connectivity index (χ0v) is 7.56. The molecule has 0 atom stereocenters. The molecule has 0 radical (unpaired) electrons. The summed E-state index contributed by atoms with van der Waals surface area (Å²) in [5.74, 6) is 0. The smallest absolute Gasteiger partial charge is 0.158 e. The lowest BCUT2D eigenvalue weighted by atomic mass is 10.2. The predicted octanol–water partition coefficient (Wildman–Crippen LogP) is 1.92. The lowest BCUT2D eigenvalue weighted by Gasteiger charge is -2.01. The SMILES string of the molecule is Cc1cnc2c(N=O)c(N)ccc2n1. The van der Waals surface area contributed by atoms with Crippen molar-refractivity contribution in [3.8, 4) is 0 Å². The van der Waals surface area contributed by atoms with Crippen molar-refractivity contribution in [2.75, 3.05) is 5.73 Å². The van der Waals surface area contributed by atoms with Crippen LogP contribution in [0.2, 0.25) is 0 Å². The van der Waals surface area contributed by atoms with Crippen LogP contribution in [0.3, 0.4) is 0 Å². The number of nitrogen functional groups attached to an aromatic ring is 1. The van der Waals surface area contributed by atoms with Crippen molar-refractivity contribution in [2.45, 2.75) is 6.92 Å². The molecular weight excluding hydrogens is 180 g/mol. The number of aromatic nitrogens is 2. The van der Waals surface area contributed by atoms with Crippen LogP contribution in [-0.2, 0) is 0 Å². The standard InChI is InChI=1S/C9H8N4O/c1-5-4-11-9-7(12-5)3-2-6(10)8(9)13-14/h2-4H,10H2,1H3. The Kier molecular flexibility index (Phi) is 1.85. The fourth-order valence-electron chi connectivity index (χ4n) is 1.27. The first-order valence-corrected chi connectivity index (χ1v) is 4.07. The summed E-state index contributed by atoms with van der Waals surface area (Å²) in [6.45, 7) is 1.83. The van der Waals surface area contributed by atoms with Crippen molar-refractivity contribution in [3.05, 3.63) is 28.9 Å². The van der Waals surface area contributed by atoms with Gasteiger partial charge in [0.05, 0.1) is 16.9 Å². The molecule has 2 rings (SSSR count). The molecule has 0 saturated heterocycles. The van der Waals surface area contributed by atoms with E-state index in [1.54, 1.807) is 18.3 Å². The summed E-state index contributed by atoms with van der Waals surface area (Å²) in [6, 6.07) is 3.33. The van der Waals surface area contributed by atoms with Crippen molar-refractivity contribution in [1.82, 2.24) is 9.97 Å². The van der Waals surface area contributed by atoms with Crippen LogP contribution in [0.1, 0.15) is 5.69 Å². The largest absolute Gasteiger partial charge is 0.397 e. The zero-order chi connectivity index (χ0) is 10.1. The molecular formula is C9H8N4O. The van der Waals surface area contributed by atoms with Gasteiger partial charge in [0.15, 0.2) is 5.69 Å². The van der Waals surface area contributed by atoms with Gasteiger partial charge in [-0.05, 0) is 24.2 Å². The van der Waals surface area contributed by atoms with Crippen molar-refractivity contribution in [1.29, 1.82) is 0 Å². The van der Waals surface area contributed by atoms with E-state index < -0.39 is 0 Å². The summed E-state index contributed by atoms with van der Waals surface area (Å²) in [5.41, 5.74) is 7.93. The highest BCUT2D eigenvalue weighted by molar-refractivity contribution is 5.92. The van der Waals surface area contributed by atoms with Gasteiger partial charge in [-0.15, -0.1) is 4.91 Å². The van der Waals surface area contributed by atoms with Crippen LogP contribution in [0.4, 0.5) is 11.4 Å². The average Bonchev–Trinajstić information content (AvgIpc) is 2.18. The minimum Gasteiger partial charge on any atom is -0.397 e. The first-order chi connectivity index (χ1) is 6.72. The van der Waals surface area contributed by atoms with E-state index in [-0.39, 0.29) is 5.69 Å². The highest BCUT2D eigenvalue weighted by Gasteiger charge is 2.07. The zero-order valence-electron chi connectivity index (χ0n) is 7.56. The monoisotopic (exact) mass is 188 g/mol. The first kappa shape index (κ1) is 8.55. The van der Waals surface area contributed by atoms with E-state index in [2.05, 4.69) is 15.1 Å². The average molecular weight is 188 g/mol. The van der Waals surface area contributed by atoms with Gasteiger partial charge in [0.1, 0.15) is 5.52 Å². The molecule has 0 aliphatic heterocycles. The Morgan fingerprint density at radius 2 is 2.21 bits per heavy atom. The Morgan fingerprint density at radius 3 is 2.93 bits per heavy atom. The maximum absolute atomic E-state index is 10.5. The van der Waals surface area contributed by atoms with E-state index in [0.717, 1.165) is 5.69 Å². The van der Waals surface area contributed by atoms with E-state index in [0.29, 0.717) is 16.7 Å². The maximum Gasteiger partial charge on any atom is 0.158 e. The number of nitroso groups, excluding NO2 is 1. The molecule has 0 aliphatic rings. The van der Waals surface area contributed by atoms with Gasteiger partial charge >= 0.3 is 0 Å². The van der Waals surface area contributed by atoms with Crippen molar-refractivity contribution < 1.29 is 0 Å². The number of anilines is 1. The molecule has 14 heavy (non-hydrogen) atoms. The summed E-state index contributed by atoms with van der Waals surface area (Å²) in [4.78, 5) is 18.8. The number of nitrogens with two attached hydrogens (primary N) is 1. The number of rotatable bonds is 1. The van der Waals surface area contributed by atoms with Crippen LogP contribution < -0.4 is 5.73 Å². The van der Waals surface area contributed by atoms with E-state index in [4.69, 9.17) is 5.73 Å². The molecule has 0 aliphatic carbocycles. The summed E-state index contributed by atoms with van der Waals surface area (Å²) in [7, 11) is 0. The third kappa shape index (κ3) is 1.19. The molecule has 2 aromatic rings. The number of nitrogens with zero attached hydrogens (tertiary/aromatic N) is 3. The van der Waals surface area contributed by atoms with Gasteiger partial charge in [-0.2, -0.15) is 0 Å². The molecule has 0 bridgehead atoms. The van der Waals surface area contributed by atoms with Crippen LogP contribution >= 0.6 is 0 Å². The molecule has 0 amide bonds. The fourth-order valence-corrected chi connectivity index (χ4v) is 1.27. The van der Waals surface area contributed by atoms with Crippen molar-refractivity contribution >= 4 is 22.4 Å². The molecule has 5 nitrogen and oxygen atoms in total. The Hall–Kier alpha value is -2.04. The minimum atomic E-state index is 0.162. The first-order valence-electron chi connectivity index (χ1n) is 4.07. The summed E-state index contributed by atoms with van der Waals surface area (Å²) < 4.78 is 0. The molecule has 70 valence electrons. The molecule has 2 N–H and O–H groups in total. The number of benzene rings is 1. The second-order valence-electron chi connectivity index (χ2n) is 2.97. The molecule has 0 fully saturated rings. The minimum absolute atomic E-state index is 0.162. The highest BCUT2D eigenvalue weighted by Crippen LogP contribution is 2.29. The second kappa shape index (κ2) is 3.02.